The molecule has 0 unspecified atom stereocenters. The highest BCUT2D eigenvalue weighted by Crippen LogP contribution is 2.14. The Balaban J connectivity index is 1.87. The summed E-state index contributed by atoms with van der Waals surface area (Å²) in [5, 5.41) is 8.49. The molecule has 2 amide bonds. The van der Waals surface area contributed by atoms with Crippen molar-refractivity contribution in [1.29, 1.82) is 0 Å². The average Bonchev–Trinajstić information content (AvgIpc) is 2.67. The van der Waals surface area contributed by atoms with Crippen LogP contribution in [0.1, 0.15) is 21.5 Å². The predicted molar refractivity (Wildman–Crippen MR) is 102 cm³/mol. The summed E-state index contributed by atoms with van der Waals surface area (Å²) in [7, 11) is 1.56. The molecule has 2 aromatic carbocycles. The number of rotatable bonds is 9. The number of amides is 2. The summed E-state index contributed by atoms with van der Waals surface area (Å²) in [6.45, 7) is 2.83. The van der Waals surface area contributed by atoms with Crippen LogP contribution in [0.25, 0.3) is 0 Å². The van der Waals surface area contributed by atoms with Crippen LogP contribution in [-0.4, -0.2) is 38.6 Å². The third kappa shape index (κ3) is 6.38. The lowest BCUT2D eigenvalue weighted by Gasteiger charge is -2.12. The van der Waals surface area contributed by atoms with E-state index in [1.165, 1.54) is 6.07 Å². The van der Waals surface area contributed by atoms with Crippen LogP contribution in [0.5, 0.6) is 0 Å². The fraction of sp³-hybridized carbons (Fsp3) is 0.300. The van der Waals surface area contributed by atoms with Crippen molar-refractivity contribution in [3.63, 3.8) is 0 Å². The summed E-state index contributed by atoms with van der Waals surface area (Å²) >= 11 is 0. The van der Waals surface area contributed by atoms with Crippen LogP contribution in [0, 0.1) is 12.7 Å². The van der Waals surface area contributed by atoms with E-state index in [0.717, 1.165) is 5.56 Å². The van der Waals surface area contributed by atoms with E-state index < -0.39 is 0 Å². The van der Waals surface area contributed by atoms with Crippen LogP contribution in [-0.2, 0) is 16.1 Å². The van der Waals surface area contributed by atoms with Crippen LogP contribution in [0.2, 0.25) is 0 Å². The zero-order valence-electron chi connectivity index (χ0n) is 15.5. The van der Waals surface area contributed by atoms with Crippen molar-refractivity contribution in [2.24, 2.45) is 0 Å². The Hall–Kier alpha value is -2.93. The van der Waals surface area contributed by atoms with Crippen LogP contribution < -0.4 is 16.0 Å². The van der Waals surface area contributed by atoms with Crippen molar-refractivity contribution in [3.05, 3.63) is 65.0 Å². The van der Waals surface area contributed by atoms with Crippen molar-refractivity contribution in [3.8, 4) is 0 Å². The fourth-order valence-corrected chi connectivity index (χ4v) is 2.45. The molecule has 7 heteroatoms. The number of ether oxygens (including phenoxy) is 1. The molecule has 0 aromatic heterocycles. The van der Waals surface area contributed by atoms with Gasteiger partial charge in [-0.2, -0.15) is 0 Å². The molecule has 0 aliphatic rings. The van der Waals surface area contributed by atoms with Gasteiger partial charge in [-0.25, -0.2) is 4.39 Å². The Morgan fingerprint density at radius 2 is 1.89 bits per heavy atom. The second-order valence-electron chi connectivity index (χ2n) is 6.01. The summed E-state index contributed by atoms with van der Waals surface area (Å²) in [6.07, 6.45) is 0. The minimum absolute atomic E-state index is 0.0164. The molecule has 0 heterocycles. The van der Waals surface area contributed by atoms with Gasteiger partial charge >= 0.3 is 0 Å². The SMILES string of the molecule is COCCNC(=O)c1ccccc1NCC(=O)NCc1ccc(F)c(C)c1. The molecule has 0 saturated heterocycles. The van der Waals surface area contributed by atoms with Gasteiger partial charge in [-0.1, -0.05) is 24.3 Å². The molecular formula is C20H24FN3O3. The quantitative estimate of drug-likeness (QED) is 0.589. The van der Waals surface area contributed by atoms with Crippen LogP contribution in [0.15, 0.2) is 42.5 Å². The van der Waals surface area contributed by atoms with Gasteiger partial charge in [0.15, 0.2) is 0 Å². The number of carbonyl (C=O) groups is 2. The number of nitrogens with one attached hydrogen (secondary N) is 3. The molecule has 0 fully saturated rings. The fourth-order valence-electron chi connectivity index (χ4n) is 2.45. The van der Waals surface area contributed by atoms with Crippen molar-refractivity contribution >= 4 is 17.5 Å². The third-order valence-corrected chi connectivity index (χ3v) is 3.91. The molecule has 2 aromatic rings. The zero-order chi connectivity index (χ0) is 19.6. The standard InChI is InChI=1S/C20H24FN3O3/c1-14-11-15(7-8-17(14)21)12-24-19(25)13-23-18-6-4-3-5-16(18)20(26)22-9-10-27-2/h3-8,11,23H,9-10,12-13H2,1-2H3,(H,22,26)(H,24,25). The monoisotopic (exact) mass is 373 g/mol. The maximum absolute atomic E-state index is 13.3. The highest BCUT2D eigenvalue weighted by Gasteiger charge is 2.11. The van der Waals surface area contributed by atoms with E-state index in [4.69, 9.17) is 4.74 Å². The highest BCUT2D eigenvalue weighted by molar-refractivity contribution is 6.00. The summed E-state index contributed by atoms with van der Waals surface area (Å²) < 4.78 is 18.2. The minimum atomic E-state index is -0.271. The van der Waals surface area contributed by atoms with Crippen LogP contribution in [0.4, 0.5) is 10.1 Å². The first kappa shape index (κ1) is 20.4. The first-order valence-corrected chi connectivity index (χ1v) is 8.63. The van der Waals surface area contributed by atoms with Gasteiger partial charge in [0.05, 0.1) is 18.7 Å². The van der Waals surface area contributed by atoms with E-state index in [2.05, 4.69) is 16.0 Å². The Labute approximate surface area is 158 Å². The molecule has 0 aliphatic heterocycles. The van der Waals surface area contributed by atoms with Gasteiger partial charge < -0.3 is 20.7 Å². The number of benzene rings is 2. The highest BCUT2D eigenvalue weighted by atomic mass is 19.1. The number of anilines is 1. The van der Waals surface area contributed by atoms with Gasteiger partial charge in [0, 0.05) is 25.9 Å². The Morgan fingerprint density at radius 3 is 2.63 bits per heavy atom. The van der Waals surface area contributed by atoms with Crippen LogP contribution in [0.3, 0.4) is 0 Å². The normalized spacial score (nSPS) is 10.3. The maximum Gasteiger partial charge on any atom is 0.253 e. The van der Waals surface area contributed by atoms with Gasteiger partial charge in [-0.3, -0.25) is 9.59 Å². The van der Waals surface area contributed by atoms with Crippen LogP contribution >= 0.6 is 0 Å². The topological polar surface area (TPSA) is 79.5 Å². The summed E-state index contributed by atoms with van der Waals surface area (Å²) in [5.74, 6) is -0.740. The average molecular weight is 373 g/mol. The molecule has 6 nitrogen and oxygen atoms in total. The van der Waals surface area contributed by atoms with E-state index in [9.17, 15) is 14.0 Å². The van der Waals surface area contributed by atoms with Gasteiger partial charge in [0.1, 0.15) is 5.82 Å². The van der Waals surface area contributed by atoms with Gasteiger partial charge in [0.25, 0.3) is 5.91 Å². The van der Waals surface area contributed by atoms with E-state index in [0.29, 0.717) is 36.5 Å². The molecule has 0 spiro atoms. The van der Waals surface area contributed by atoms with E-state index >= 15 is 0 Å². The summed E-state index contributed by atoms with van der Waals surface area (Å²) in [4.78, 5) is 24.3. The number of carbonyl (C=O) groups excluding carboxylic acids is 2. The number of hydrogen-bond acceptors (Lipinski definition) is 4. The number of halogens is 1. The lowest BCUT2D eigenvalue weighted by atomic mass is 10.1. The Kier molecular flexibility index (Phi) is 7.76. The number of aryl methyl sites for hydroxylation is 1. The molecule has 0 atom stereocenters. The smallest absolute Gasteiger partial charge is 0.253 e. The zero-order valence-corrected chi connectivity index (χ0v) is 15.5. The van der Waals surface area contributed by atoms with E-state index in [-0.39, 0.29) is 24.2 Å². The lowest BCUT2D eigenvalue weighted by Crippen LogP contribution is -2.31. The van der Waals surface area contributed by atoms with Gasteiger partial charge in [-0.15, -0.1) is 0 Å². The first-order chi connectivity index (χ1) is 13.0. The van der Waals surface area contributed by atoms with Gasteiger partial charge in [0.2, 0.25) is 5.91 Å². The second kappa shape index (κ2) is 10.3. The molecule has 0 aliphatic carbocycles. The second-order valence-corrected chi connectivity index (χ2v) is 6.01. The Bertz CT molecular complexity index is 796. The largest absolute Gasteiger partial charge is 0.383 e. The predicted octanol–water partition coefficient (Wildman–Crippen LogP) is 2.24. The van der Waals surface area contributed by atoms with Crippen molar-refractivity contribution in [2.45, 2.75) is 13.5 Å². The third-order valence-electron chi connectivity index (χ3n) is 3.91. The first-order valence-electron chi connectivity index (χ1n) is 8.63. The maximum atomic E-state index is 13.3. The summed E-state index contributed by atoms with van der Waals surface area (Å²) in [5.41, 5.74) is 2.38. The number of methoxy groups -OCH3 is 1. The van der Waals surface area contributed by atoms with Crippen molar-refractivity contribution in [2.75, 3.05) is 32.1 Å². The number of hydrogen-bond donors (Lipinski definition) is 3. The Morgan fingerprint density at radius 1 is 1.11 bits per heavy atom. The number of para-hydroxylation sites is 1. The van der Waals surface area contributed by atoms with Gasteiger partial charge in [-0.05, 0) is 36.2 Å². The molecule has 3 N–H and O–H groups in total. The van der Waals surface area contributed by atoms with E-state index in [1.54, 1.807) is 50.4 Å². The molecular weight excluding hydrogens is 349 g/mol. The lowest BCUT2D eigenvalue weighted by molar-refractivity contribution is -0.119. The molecule has 2 rings (SSSR count). The van der Waals surface area contributed by atoms with Crippen molar-refractivity contribution in [1.82, 2.24) is 10.6 Å². The summed E-state index contributed by atoms with van der Waals surface area (Å²) in [6, 6.07) is 11.7. The molecule has 144 valence electrons. The minimum Gasteiger partial charge on any atom is -0.383 e. The molecule has 0 saturated carbocycles. The van der Waals surface area contributed by atoms with Crippen molar-refractivity contribution < 1.29 is 18.7 Å². The van der Waals surface area contributed by atoms with E-state index in [1.807, 2.05) is 0 Å². The molecule has 27 heavy (non-hydrogen) atoms. The molecule has 0 radical (unpaired) electrons. The molecule has 0 bridgehead atoms.